The summed E-state index contributed by atoms with van der Waals surface area (Å²) in [6.07, 6.45) is 7.30. The molecule has 1 aliphatic heterocycles. The molecule has 2 aromatic carbocycles. The predicted molar refractivity (Wildman–Crippen MR) is 153 cm³/mol. The number of sulfonamides is 1. The third-order valence-corrected chi connectivity index (χ3v) is 7.80. The standard InChI is InChI=1S/C29H40N4O4S/c1-5-8-9-12-17-31-38(35,36)25-15-16-28(37-18-6-2)24(19-25)21-33-29(34)26(22(4)32-33)20-30-27-14-11-10-13-23(27)7-3/h10-11,13-16,19-20,30-31H,5-9,12,17-18,21H2,1-4H3. The van der Waals surface area contributed by atoms with Gasteiger partial charge >= 0.3 is 0 Å². The van der Waals surface area contributed by atoms with Crippen molar-refractivity contribution in [3.05, 3.63) is 65.4 Å². The van der Waals surface area contributed by atoms with Gasteiger partial charge in [0, 0.05) is 24.0 Å². The van der Waals surface area contributed by atoms with Crippen molar-refractivity contribution in [3.8, 4) is 5.75 Å². The van der Waals surface area contributed by atoms with Crippen LogP contribution in [0.15, 0.2) is 64.2 Å². The minimum absolute atomic E-state index is 0.0952. The number of hydrogen-bond acceptors (Lipinski definition) is 6. The van der Waals surface area contributed by atoms with Gasteiger partial charge in [-0.15, -0.1) is 0 Å². The largest absolute Gasteiger partial charge is 0.493 e. The fourth-order valence-electron chi connectivity index (χ4n) is 4.17. The van der Waals surface area contributed by atoms with Crippen molar-refractivity contribution >= 4 is 27.3 Å². The minimum Gasteiger partial charge on any atom is -0.493 e. The van der Waals surface area contributed by atoms with Gasteiger partial charge in [-0.2, -0.15) is 5.10 Å². The highest BCUT2D eigenvalue weighted by molar-refractivity contribution is 7.89. The summed E-state index contributed by atoms with van der Waals surface area (Å²) in [7, 11) is -3.69. The number of unbranched alkanes of at least 4 members (excludes halogenated alkanes) is 3. The maximum Gasteiger partial charge on any atom is 0.277 e. The van der Waals surface area contributed by atoms with Crippen LogP contribution in [0.5, 0.6) is 5.75 Å². The third kappa shape index (κ3) is 7.68. The van der Waals surface area contributed by atoms with Crippen molar-refractivity contribution in [3.63, 3.8) is 0 Å². The van der Waals surface area contributed by atoms with Crippen LogP contribution < -0.4 is 14.8 Å². The van der Waals surface area contributed by atoms with Crippen molar-refractivity contribution in [2.75, 3.05) is 18.5 Å². The van der Waals surface area contributed by atoms with Gasteiger partial charge in [0.05, 0.1) is 29.3 Å². The lowest BCUT2D eigenvalue weighted by molar-refractivity contribution is -0.126. The van der Waals surface area contributed by atoms with E-state index < -0.39 is 10.0 Å². The minimum atomic E-state index is -3.69. The maximum atomic E-state index is 13.3. The summed E-state index contributed by atoms with van der Waals surface area (Å²) in [4.78, 5) is 13.4. The second kappa shape index (κ2) is 14.1. The second-order valence-electron chi connectivity index (χ2n) is 9.34. The fourth-order valence-corrected chi connectivity index (χ4v) is 5.29. The van der Waals surface area contributed by atoms with Gasteiger partial charge in [-0.3, -0.25) is 4.79 Å². The van der Waals surface area contributed by atoms with E-state index in [4.69, 9.17) is 4.74 Å². The van der Waals surface area contributed by atoms with Crippen LogP contribution in [0.25, 0.3) is 0 Å². The molecule has 0 spiro atoms. The molecule has 38 heavy (non-hydrogen) atoms. The molecule has 1 amide bonds. The number of hydrazone groups is 1. The van der Waals surface area contributed by atoms with Gasteiger partial charge in [0.2, 0.25) is 10.0 Å². The molecule has 206 valence electrons. The molecule has 0 aliphatic carbocycles. The zero-order valence-corrected chi connectivity index (χ0v) is 23.7. The van der Waals surface area contributed by atoms with E-state index in [1.807, 2.05) is 31.2 Å². The van der Waals surface area contributed by atoms with Crippen LogP contribution in [-0.4, -0.2) is 38.2 Å². The summed E-state index contributed by atoms with van der Waals surface area (Å²) in [6.45, 7) is 8.95. The highest BCUT2D eigenvalue weighted by atomic mass is 32.2. The number of nitrogens with one attached hydrogen (secondary N) is 2. The fraction of sp³-hybridized carbons (Fsp3) is 0.448. The van der Waals surface area contributed by atoms with E-state index in [0.29, 0.717) is 35.7 Å². The first-order chi connectivity index (χ1) is 18.3. The molecular formula is C29H40N4O4S. The molecule has 0 saturated heterocycles. The van der Waals surface area contributed by atoms with E-state index in [0.717, 1.165) is 49.8 Å². The van der Waals surface area contributed by atoms with Crippen LogP contribution in [0.1, 0.15) is 70.9 Å². The monoisotopic (exact) mass is 540 g/mol. The van der Waals surface area contributed by atoms with Crippen LogP contribution in [0.2, 0.25) is 0 Å². The zero-order valence-electron chi connectivity index (χ0n) is 22.9. The summed E-state index contributed by atoms with van der Waals surface area (Å²) in [5.41, 5.74) is 3.73. The number of para-hydroxylation sites is 1. The highest BCUT2D eigenvalue weighted by Crippen LogP contribution is 2.27. The Bertz CT molecular complexity index is 1270. The predicted octanol–water partition coefficient (Wildman–Crippen LogP) is 5.61. The number of nitrogens with zero attached hydrogens (tertiary/aromatic N) is 2. The van der Waals surface area contributed by atoms with Crippen molar-refractivity contribution in [1.82, 2.24) is 9.73 Å². The molecule has 0 unspecified atom stereocenters. The van der Waals surface area contributed by atoms with Crippen LogP contribution in [0, 0.1) is 0 Å². The number of amides is 1. The number of benzene rings is 2. The Kier molecular flexibility index (Phi) is 10.9. The lowest BCUT2D eigenvalue weighted by Gasteiger charge is -2.17. The Morgan fingerprint density at radius 3 is 2.53 bits per heavy atom. The van der Waals surface area contributed by atoms with Gasteiger partial charge in [-0.25, -0.2) is 18.1 Å². The number of hydrogen-bond donors (Lipinski definition) is 2. The van der Waals surface area contributed by atoms with E-state index >= 15 is 0 Å². The van der Waals surface area contributed by atoms with Gasteiger partial charge in [0.1, 0.15) is 5.75 Å². The molecule has 2 N–H and O–H groups in total. The highest BCUT2D eigenvalue weighted by Gasteiger charge is 2.29. The van der Waals surface area contributed by atoms with Crippen molar-refractivity contribution in [2.24, 2.45) is 5.10 Å². The number of aryl methyl sites for hydroxylation is 1. The number of rotatable bonds is 15. The molecule has 0 fully saturated rings. The molecule has 3 rings (SSSR count). The SMILES string of the molecule is CCCCCCNS(=O)(=O)c1ccc(OCCC)c(CN2N=C(C)C(=CNc3ccccc3CC)C2=O)c1. The van der Waals surface area contributed by atoms with Crippen LogP contribution >= 0.6 is 0 Å². The molecular weight excluding hydrogens is 500 g/mol. The average molecular weight is 541 g/mol. The van der Waals surface area contributed by atoms with E-state index in [1.54, 1.807) is 31.3 Å². The van der Waals surface area contributed by atoms with E-state index in [9.17, 15) is 13.2 Å². The summed E-state index contributed by atoms with van der Waals surface area (Å²) in [5, 5.41) is 9.07. The van der Waals surface area contributed by atoms with Gasteiger partial charge in [0.15, 0.2) is 0 Å². The number of anilines is 1. The van der Waals surface area contributed by atoms with Crippen LogP contribution in [-0.2, 0) is 27.8 Å². The molecule has 9 heteroatoms. The molecule has 1 heterocycles. The Morgan fingerprint density at radius 2 is 1.79 bits per heavy atom. The van der Waals surface area contributed by atoms with E-state index in [2.05, 4.69) is 29.0 Å². The lowest BCUT2D eigenvalue weighted by atomic mass is 10.1. The quantitative estimate of drug-likeness (QED) is 0.226. The Morgan fingerprint density at radius 1 is 1.00 bits per heavy atom. The first kappa shape index (κ1) is 29.4. The number of ether oxygens (including phenoxy) is 1. The Hall–Kier alpha value is -3.17. The second-order valence-corrected chi connectivity index (χ2v) is 11.1. The Labute approximate surface area is 227 Å². The molecule has 0 saturated carbocycles. The smallest absolute Gasteiger partial charge is 0.277 e. The van der Waals surface area contributed by atoms with Crippen LogP contribution in [0.4, 0.5) is 5.69 Å². The molecule has 0 atom stereocenters. The normalized spacial score (nSPS) is 14.7. The topological polar surface area (TPSA) is 100 Å². The summed E-state index contributed by atoms with van der Waals surface area (Å²) >= 11 is 0. The Balaban J connectivity index is 1.79. The zero-order chi connectivity index (χ0) is 27.5. The molecule has 8 nitrogen and oxygen atoms in total. The van der Waals surface area contributed by atoms with Crippen molar-refractivity contribution in [2.45, 2.75) is 77.7 Å². The van der Waals surface area contributed by atoms with Crippen molar-refractivity contribution in [1.29, 1.82) is 0 Å². The molecule has 0 aromatic heterocycles. The summed E-state index contributed by atoms with van der Waals surface area (Å²) in [6, 6.07) is 12.7. The van der Waals surface area contributed by atoms with Crippen LogP contribution in [0.3, 0.4) is 0 Å². The first-order valence-electron chi connectivity index (χ1n) is 13.5. The number of carbonyl (C=O) groups excluding carboxylic acids is 1. The molecule has 0 radical (unpaired) electrons. The molecule has 1 aliphatic rings. The first-order valence-corrected chi connectivity index (χ1v) is 15.0. The maximum absolute atomic E-state index is 13.3. The van der Waals surface area contributed by atoms with E-state index in [-0.39, 0.29) is 17.3 Å². The molecule has 2 aromatic rings. The van der Waals surface area contributed by atoms with Gasteiger partial charge in [-0.1, -0.05) is 58.2 Å². The average Bonchev–Trinajstić information content (AvgIpc) is 3.18. The summed E-state index contributed by atoms with van der Waals surface area (Å²) in [5.74, 6) is 0.287. The van der Waals surface area contributed by atoms with Gasteiger partial charge in [-0.05, 0) is 56.0 Å². The number of carbonyl (C=O) groups is 1. The molecule has 0 bridgehead atoms. The van der Waals surface area contributed by atoms with E-state index in [1.165, 1.54) is 5.01 Å². The van der Waals surface area contributed by atoms with Gasteiger partial charge < -0.3 is 10.1 Å². The summed E-state index contributed by atoms with van der Waals surface area (Å²) < 4.78 is 34.5. The lowest BCUT2D eigenvalue weighted by Crippen LogP contribution is -2.26. The third-order valence-electron chi connectivity index (χ3n) is 6.34. The van der Waals surface area contributed by atoms with Gasteiger partial charge in [0.25, 0.3) is 5.91 Å². The van der Waals surface area contributed by atoms with Crippen molar-refractivity contribution < 1.29 is 17.9 Å².